The molecule has 0 radical (unpaired) electrons. The summed E-state index contributed by atoms with van der Waals surface area (Å²) in [7, 11) is 2.75. The zero-order chi connectivity index (χ0) is 56.7. The molecule has 1 fully saturated rings. The lowest BCUT2D eigenvalue weighted by Crippen LogP contribution is -2.59. The van der Waals surface area contributed by atoms with E-state index in [4.69, 9.17) is 16.2 Å². The molecule has 0 unspecified atom stereocenters. The molecular formula is C52H78N10O13. The zero-order valence-corrected chi connectivity index (χ0v) is 44.4. The van der Waals surface area contributed by atoms with Crippen LogP contribution in [0.2, 0.25) is 0 Å². The van der Waals surface area contributed by atoms with E-state index < -0.39 is 120 Å². The Morgan fingerprint density at radius 2 is 1.36 bits per heavy atom. The van der Waals surface area contributed by atoms with E-state index in [-0.39, 0.29) is 67.6 Å². The fraction of sp³-hybridized carbons (Fsp3) is 0.558. The number of hydrogen-bond donors (Lipinski definition) is 10. The van der Waals surface area contributed by atoms with Crippen LogP contribution in [0.3, 0.4) is 0 Å². The average Bonchev–Trinajstić information content (AvgIpc) is 3.35. The number of carbonyl (C=O) groups excluding carboxylic acids is 8. The summed E-state index contributed by atoms with van der Waals surface area (Å²) in [5.41, 5.74) is 11.7. The van der Waals surface area contributed by atoms with E-state index in [9.17, 15) is 58.2 Å². The van der Waals surface area contributed by atoms with Gasteiger partial charge >= 0.3 is 11.9 Å². The first-order chi connectivity index (χ1) is 35.2. The lowest BCUT2D eigenvalue weighted by molar-refractivity contribution is -0.146. The van der Waals surface area contributed by atoms with E-state index in [1.54, 1.807) is 33.8 Å². The van der Waals surface area contributed by atoms with Crippen LogP contribution in [0.1, 0.15) is 92.6 Å². The van der Waals surface area contributed by atoms with E-state index in [1.807, 2.05) is 37.3 Å². The number of nitrogens with one attached hydrogen (secondary N) is 6. The number of likely N-dealkylation sites (N-methyl/N-ethyl adjacent to an activating group) is 1. The van der Waals surface area contributed by atoms with Gasteiger partial charge in [-0.05, 0) is 55.9 Å². The lowest BCUT2D eigenvalue weighted by atomic mass is 9.94. The normalized spacial score (nSPS) is 24.6. The van der Waals surface area contributed by atoms with Crippen LogP contribution in [0, 0.1) is 29.6 Å². The number of guanidine groups is 1. The van der Waals surface area contributed by atoms with Crippen LogP contribution in [0.15, 0.2) is 71.4 Å². The largest absolute Gasteiger partial charge is 0.480 e. The molecule has 1 saturated heterocycles. The van der Waals surface area contributed by atoms with Gasteiger partial charge in [0.1, 0.15) is 42.2 Å². The van der Waals surface area contributed by atoms with Gasteiger partial charge in [0.2, 0.25) is 35.4 Å². The molecule has 414 valence electrons. The number of nitrogens with two attached hydrogens (primary N) is 2. The number of methoxy groups -OCH3 is 1. The summed E-state index contributed by atoms with van der Waals surface area (Å²) in [6, 6.07) is 0.404. The molecule has 1 aliphatic rings. The Labute approximate surface area is 438 Å². The fourth-order valence-electron chi connectivity index (χ4n) is 7.96. The second-order valence-electron chi connectivity index (χ2n) is 19.6. The molecule has 75 heavy (non-hydrogen) atoms. The summed E-state index contributed by atoms with van der Waals surface area (Å²) in [5, 5.41) is 35.8. The van der Waals surface area contributed by atoms with Crippen molar-refractivity contribution in [2.75, 3.05) is 20.7 Å². The number of carboxylic acids is 2. The van der Waals surface area contributed by atoms with Crippen LogP contribution in [0.25, 0.3) is 0 Å². The second kappa shape index (κ2) is 31.3. The minimum absolute atomic E-state index is 0.0113. The molecule has 10 atom stereocenters. The van der Waals surface area contributed by atoms with E-state index in [0.29, 0.717) is 12.7 Å². The second-order valence-corrected chi connectivity index (χ2v) is 19.6. The van der Waals surface area contributed by atoms with Gasteiger partial charge in [-0.3, -0.25) is 43.3 Å². The molecule has 1 heterocycles. The van der Waals surface area contributed by atoms with Gasteiger partial charge in [0.25, 0.3) is 5.91 Å². The summed E-state index contributed by atoms with van der Waals surface area (Å²) < 4.78 is 5.75. The molecule has 23 nitrogen and oxygen atoms in total. The van der Waals surface area contributed by atoms with Gasteiger partial charge in [-0.1, -0.05) is 104 Å². The minimum Gasteiger partial charge on any atom is -0.480 e. The number of rotatable bonds is 18. The Morgan fingerprint density at radius 3 is 1.91 bits per heavy atom. The Morgan fingerprint density at radius 1 is 0.800 bits per heavy atom. The molecule has 12 N–H and O–H groups in total. The molecule has 0 saturated carbocycles. The number of nitrogens with zero attached hydrogens (tertiary/aromatic N) is 2. The van der Waals surface area contributed by atoms with Crippen LogP contribution in [-0.2, 0) is 59.1 Å². The SMILES string of the molecule is C=C1C(=O)N[C@H](CC(C)C)C(=O)N[C@@H](CC(C)C)C(=O)N[C@@H](C(=O)O)[C@H](C)C(=O)N[C@@H](CCCN=C(N)N)C(=O)N[C@@H](/C=C/C(C=O)=C/[C@H](C)[C@H](Cc2ccccc2)OC)[C@H](C)C(=O)N[C@@H](C(=O)O)CCC(=O)N1C. The number of amides is 7. The minimum atomic E-state index is -1.92. The number of carboxylic acid groups (broad SMARTS) is 2. The summed E-state index contributed by atoms with van der Waals surface area (Å²) in [5.74, 6) is -13.5. The molecule has 2 rings (SSSR count). The molecule has 0 aromatic heterocycles. The first-order valence-corrected chi connectivity index (χ1v) is 24.9. The fourth-order valence-corrected chi connectivity index (χ4v) is 7.96. The van der Waals surface area contributed by atoms with Crippen molar-refractivity contribution in [2.24, 2.45) is 46.0 Å². The van der Waals surface area contributed by atoms with Crippen molar-refractivity contribution < 1.29 is 62.9 Å². The number of aliphatic imine (C=N–C) groups is 1. The predicted molar refractivity (Wildman–Crippen MR) is 279 cm³/mol. The first kappa shape index (κ1) is 63.7. The third-order valence-electron chi connectivity index (χ3n) is 12.5. The number of ether oxygens (including phenoxy) is 1. The number of hydrogen-bond acceptors (Lipinski definition) is 12. The first-order valence-electron chi connectivity index (χ1n) is 24.9. The third-order valence-corrected chi connectivity index (χ3v) is 12.5. The highest BCUT2D eigenvalue weighted by Gasteiger charge is 2.38. The molecule has 7 amide bonds. The maximum Gasteiger partial charge on any atom is 0.327 e. The summed E-state index contributed by atoms with van der Waals surface area (Å²) in [4.78, 5) is 140. The number of aliphatic carboxylic acids is 2. The molecule has 23 heteroatoms. The maximum absolute atomic E-state index is 14.4. The Balaban J connectivity index is 2.81. The third kappa shape index (κ3) is 21.5. The quantitative estimate of drug-likeness (QED) is 0.0243. The lowest BCUT2D eigenvalue weighted by Gasteiger charge is -2.29. The van der Waals surface area contributed by atoms with Crippen molar-refractivity contribution in [2.45, 2.75) is 136 Å². The van der Waals surface area contributed by atoms with Gasteiger partial charge in [-0.25, -0.2) is 9.59 Å². The van der Waals surface area contributed by atoms with Crippen molar-refractivity contribution in [1.29, 1.82) is 0 Å². The molecule has 1 aromatic carbocycles. The summed E-state index contributed by atoms with van der Waals surface area (Å²) in [6.07, 6.45) is 3.95. The Bertz CT molecular complexity index is 2280. The van der Waals surface area contributed by atoms with Gasteiger partial charge < -0.3 is 63.2 Å². The van der Waals surface area contributed by atoms with Gasteiger partial charge in [0.15, 0.2) is 5.96 Å². The van der Waals surface area contributed by atoms with Gasteiger partial charge in [-0.15, -0.1) is 0 Å². The topological polar surface area (TPSA) is 360 Å². The van der Waals surface area contributed by atoms with E-state index in [2.05, 4.69) is 43.5 Å². The van der Waals surface area contributed by atoms with Gasteiger partial charge in [0.05, 0.1) is 24.0 Å². The molecule has 0 aliphatic carbocycles. The van der Waals surface area contributed by atoms with Crippen LogP contribution < -0.4 is 43.4 Å². The monoisotopic (exact) mass is 1050 g/mol. The molecule has 1 aliphatic heterocycles. The van der Waals surface area contributed by atoms with Crippen molar-refractivity contribution in [3.05, 3.63) is 72.0 Å². The zero-order valence-electron chi connectivity index (χ0n) is 44.4. The number of allylic oxidation sites excluding steroid dienone is 2. The van der Waals surface area contributed by atoms with Gasteiger partial charge in [0, 0.05) is 38.6 Å². The molecule has 0 bridgehead atoms. The standard InChI is InChI=1S/C52H78N10O13/c1-28(2)23-39-48(69)60-40(24-29(3)4)49(70)61-43(51(73)74)32(7)45(66)57-37(17-14-22-55-52(53)54)47(68)56-36(19-18-35(27-63)25-30(5)41(75-10)26-34-15-12-11-13-16-34)31(6)44(65)58-38(50(71)72)20-21-42(64)62(9)33(8)46(67)59-39/h11-13,15-16,18-19,25,27-32,36-41,43H,8,14,17,20-24,26H2,1-7,9-10H3,(H,56,68)(H,57,66)(H,58,65)(H,59,67)(H,60,69)(H,61,70)(H,71,72)(H,73,74)(H4,53,54,55)/b19-18+,35-25-/t30-,31-,32-,36-,37-,38+,39+,40-,41-,43+/m0/s1. The highest BCUT2D eigenvalue weighted by Crippen LogP contribution is 2.19. The number of carbonyl (C=O) groups is 10. The van der Waals surface area contributed by atoms with Crippen LogP contribution >= 0.6 is 0 Å². The molecule has 1 aromatic rings. The molecular weight excluding hydrogens is 973 g/mol. The van der Waals surface area contributed by atoms with Gasteiger partial charge in [-0.2, -0.15) is 0 Å². The predicted octanol–water partition coefficient (Wildman–Crippen LogP) is 0.824. The summed E-state index contributed by atoms with van der Waals surface area (Å²) in [6.45, 7) is 15.1. The van der Waals surface area contributed by atoms with Crippen LogP contribution in [-0.4, -0.2) is 144 Å². The van der Waals surface area contributed by atoms with Crippen LogP contribution in [0.4, 0.5) is 0 Å². The van der Waals surface area contributed by atoms with Crippen LogP contribution in [0.5, 0.6) is 0 Å². The average molecular weight is 1050 g/mol. The van der Waals surface area contributed by atoms with Crippen molar-refractivity contribution in [3.63, 3.8) is 0 Å². The number of benzene rings is 1. The smallest absolute Gasteiger partial charge is 0.327 e. The van der Waals surface area contributed by atoms with Crippen molar-refractivity contribution in [3.8, 4) is 0 Å². The highest BCUT2D eigenvalue weighted by molar-refractivity contribution is 6.00. The summed E-state index contributed by atoms with van der Waals surface area (Å²) >= 11 is 0. The van der Waals surface area contributed by atoms with E-state index in [1.165, 1.54) is 40.2 Å². The maximum atomic E-state index is 14.4. The Kier molecular flexibility index (Phi) is 26.6. The molecule has 0 spiro atoms. The van der Waals surface area contributed by atoms with E-state index >= 15 is 0 Å². The number of aldehydes is 1. The van der Waals surface area contributed by atoms with E-state index in [0.717, 1.165) is 10.5 Å². The highest BCUT2D eigenvalue weighted by atomic mass is 16.5. The van der Waals surface area contributed by atoms with Crippen molar-refractivity contribution >= 4 is 65.5 Å². The van der Waals surface area contributed by atoms with Crippen molar-refractivity contribution in [1.82, 2.24) is 36.8 Å². The Hall–Kier alpha value is -7.43.